The third-order valence-electron chi connectivity index (χ3n) is 3.64. The molecule has 0 N–H and O–H groups in total. The van der Waals surface area contributed by atoms with Crippen molar-refractivity contribution >= 4 is 63.2 Å². The molecule has 0 aromatic heterocycles. The number of imide groups is 1. The summed E-state index contributed by atoms with van der Waals surface area (Å²) in [4.78, 5) is 37.6. The first-order valence-corrected chi connectivity index (χ1v) is 9.71. The zero-order chi connectivity index (χ0) is 19.4. The quantitative estimate of drug-likeness (QED) is 0.354. The Bertz CT molecular complexity index is 929. The molecule has 2 amide bonds. The van der Waals surface area contributed by atoms with Crippen molar-refractivity contribution in [3.63, 3.8) is 0 Å². The monoisotopic (exact) mass is 495 g/mol. The number of carbonyl (C=O) groups is 3. The van der Waals surface area contributed by atoms with E-state index in [1.807, 2.05) is 12.1 Å². The Balaban J connectivity index is 1.79. The Kier molecular flexibility index (Phi) is 6.17. The highest BCUT2D eigenvalue weighted by atomic mass is 127. The van der Waals surface area contributed by atoms with E-state index in [4.69, 9.17) is 4.74 Å². The van der Waals surface area contributed by atoms with Crippen LogP contribution in [0.2, 0.25) is 0 Å². The first-order chi connectivity index (χ1) is 13.0. The van der Waals surface area contributed by atoms with Gasteiger partial charge in [-0.25, -0.2) is 9.69 Å². The van der Waals surface area contributed by atoms with Crippen LogP contribution in [0.15, 0.2) is 53.4 Å². The van der Waals surface area contributed by atoms with E-state index in [0.717, 1.165) is 25.8 Å². The van der Waals surface area contributed by atoms with Gasteiger partial charge in [-0.3, -0.25) is 9.59 Å². The first kappa shape index (κ1) is 19.4. The van der Waals surface area contributed by atoms with E-state index in [-0.39, 0.29) is 17.8 Å². The lowest BCUT2D eigenvalue weighted by molar-refractivity contribution is -0.142. The fraction of sp³-hybridized carbons (Fsp3) is 0.105. The second-order valence-electron chi connectivity index (χ2n) is 5.41. The predicted octanol–water partition coefficient (Wildman–Crippen LogP) is 4.08. The van der Waals surface area contributed by atoms with Gasteiger partial charge in [0.05, 0.1) is 21.3 Å². The zero-order valence-electron chi connectivity index (χ0n) is 14.2. The van der Waals surface area contributed by atoms with E-state index in [2.05, 4.69) is 27.3 Å². The average Bonchev–Trinajstić information content (AvgIpc) is 2.94. The van der Waals surface area contributed by atoms with Gasteiger partial charge in [0.25, 0.3) is 11.1 Å². The highest BCUT2D eigenvalue weighted by Gasteiger charge is 2.36. The maximum absolute atomic E-state index is 12.6. The minimum Gasteiger partial charge on any atom is -0.481 e. The molecule has 0 radical (unpaired) electrons. The lowest BCUT2D eigenvalue weighted by atomic mass is 10.2. The molecule has 1 saturated heterocycles. The van der Waals surface area contributed by atoms with Crippen LogP contribution >= 0.6 is 34.4 Å². The van der Waals surface area contributed by atoms with E-state index < -0.39 is 5.97 Å². The van der Waals surface area contributed by atoms with Crippen molar-refractivity contribution in [1.82, 2.24) is 0 Å². The molecule has 27 heavy (non-hydrogen) atoms. The van der Waals surface area contributed by atoms with E-state index >= 15 is 0 Å². The molecule has 1 fully saturated rings. The number of carbonyl (C=O) groups excluding carboxylic acids is 3. The predicted molar refractivity (Wildman–Crippen MR) is 112 cm³/mol. The summed E-state index contributed by atoms with van der Waals surface area (Å²) in [6, 6.07) is 14.1. The summed E-state index contributed by atoms with van der Waals surface area (Å²) in [6.45, 7) is -0.179. The van der Waals surface area contributed by atoms with Gasteiger partial charge >= 0.3 is 5.97 Å². The number of amides is 2. The third-order valence-corrected chi connectivity index (χ3v) is 5.35. The lowest BCUT2D eigenvalue weighted by Crippen LogP contribution is -2.27. The SMILES string of the molecule is COC(=O)COc1ccc(/C=C2\SC(=O)N(c3ccccc3)C2=O)cc1I. The molecule has 3 rings (SSSR count). The molecule has 6 nitrogen and oxygen atoms in total. The van der Waals surface area contributed by atoms with Crippen molar-refractivity contribution in [3.05, 3.63) is 62.6 Å². The number of halogens is 1. The third kappa shape index (κ3) is 4.51. The second-order valence-corrected chi connectivity index (χ2v) is 7.56. The molecule has 0 spiro atoms. The number of rotatable bonds is 5. The van der Waals surface area contributed by atoms with Crippen LogP contribution in [0.5, 0.6) is 5.75 Å². The van der Waals surface area contributed by atoms with E-state index in [9.17, 15) is 14.4 Å². The molecule has 0 bridgehead atoms. The van der Waals surface area contributed by atoms with Crippen LogP contribution in [0.25, 0.3) is 6.08 Å². The number of para-hydroxylation sites is 1. The number of anilines is 1. The molecule has 1 heterocycles. The van der Waals surface area contributed by atoms with Crippen LogP contribution in [0.3, 0.4) is 0 Å². The fourth-order valence-electron chi connectivity index (χ4n) is 2.34. The van der Waals surface area contributed by atoms with Crippen LogP contribution in [0.4, 0.5) is 10.5 Å². The molecule has 1 aliphatic heterocycles. The Hall–Kier alpha value is -2.33. The van der Waals surface area contributed by atoms with Crippen LogP contribution in [0, 0.1) is 3.57 Å². The van der Waals surface area contributed by atoms with Crippen LogP contribution in [0.1, 0.15) is 5.56 Å². The summed E-state index contributed by atoms with van der Waals surface area (Å²) < 4.78 is 10.7. The van der Waals surface area contributed by atoms with Gasteiger partial charge in [0, 0.05) is 0 Å². The van der Waals surface area contributed by atoms with Crippen molar-refractivity contribution in [2.75, 3.05) is 18.6 Å². The summed E-state index contributed by atoms with van der Waals surface area (Å²) in [5.41, 5.74) is 1.30. The van der Waals surface area contributed by atoms with Crippen LogP contribution in [-0.2, 0) is 14.3 Å². The average molecular weight is 495 g/mol. The topological polar surface area (TPSA) is 72.9 Å². The highest BCUT2D eigenvalue weighted by molar-refractivity contribution is 14.1. The van der Waals surface area contributed by atoms with E-state index in [1.165, 1.54) is 7.11 Å². The Labute approximate surface area is 173 Å². The van der Waals surface area contributed by atoms with Gasteiger partial charge in [-0.1, -0.05) is 24.3 Å². The molecule has 2 aromatic rings. The maximum Gasteiger partial charge on any atom is 0.343 e. The minimum atomic E-state index is -0.468. The fourth-order valence-corrected chi connectivity index (χ4v) is 3.87. The maximum atomic E-state index is 12.6. The smallest absolute Gasteiger partial charge is 0.343 e. The molecule has 0 aliphatic carbocycles. The van der Waals surface area contributed by atoms with Crippen molar-refractivity contribution in [2.45, 2.75) is 0 Å². The van der Waals surface area contributed by atoms with Crippen molar-refractivity contribution < 1.29 is 23.9 Å². The largest absolute Gasteiger partial charge is 0.481 e. The van der Waals surface area contributed by atoms with Gasteiger partial charge in [-0.15, -0.1) is 0 Å². The summed E-state index contributed by atoms with van der Waals surface area (Å²) in [5.74, 6) is -0.280. The van der Waals surface area contributed by atoms with Gasteiger partial charge < -0.3 is 9.47 Å². The van der Waals surface area contributed by atoms with Crippen molar-refractivity contribution in [2.24, 2.45) is 0 Å². The molecular formula is C19H14INO5S. The number of hydrogen-bond acceptors (Lipinski definition) is 6. The van der Waals surface area contributed by atoms with Gasteiger partial charge in [-0.05, 0) is 70.3 Å². The first-order valence-electron chi connectivity index (χ1n) is 7.82. The molecule has 1 aliphatic rings. The molecule has 0 unspecified atom stereocenters. The molecule has 2 aromatic carbocycles. The second kappa shape index (κ2) is 8.57. The number of esters is 1. The van der Waals surface area contributed by atoms with Crippen molar-refractivity contribution in [1.29, 1.82) is 0 Å². The number of ether oxygens (including phenoxy) is 2. The van der Waals surface area contributed by atoms with Gasteiger partial charge in [0.15, 0.2) is 6.61 Å². The molecule has 0 saturated carbocycles. The number of nitrogens with zero attached hydrogens (tertiary/aromatic N) is 1. The number of thioether (sulfide) groups is 1. The normalized spacial score (nSPS) is 15.3. The number of methoxy groups -OCH3 is 1. The molecular weight excluding hydrogens is 481 g/mol. The number of benzene rings is 2. The molecule has 0 atom stereocenters. The molecule has 8 heteroatoms. The summed E-state index contributed by atoms with van der Waals surface area (Å²) >= 11 is 2.98. The van der Waals surface area contributed by atoms with Gasteiger partial charge in [0.1, 0.15) is 5.75 Å². The Morgan fingerprint density at radius 3 is 2.59 bits per heavy atom. The van der Waals surface area contributed by atoms with E-state index in [0.29, 0.717) is 16.3 Å². The summed E-state index contributed by atoms with van der Waals surface area (Å²) in [5, 5.41) is -0.329. The van der Waals surface area contributed by atoms with Gasteiger partial charge in [-0.2, -0.15) is 0 Å². The summed E-state index contributed by atoms with van der Waals surface area (Å²) in [7, 11) is 1.29. The Morgan fingerprint density at radius 1 is 1.19 bits per heavy atom. The Morgan fingerprint density at radius 2 is 1.93 bits per heavy atom. The highest BCUT2D eigenvalue weighted by Crippen LogP contribution is 2.36. The van der Waals surface area contributed by atoms with Gasteiger partial charge in [0.2, 0.25) is 0 Å². The summed E-state index contributed by atoms with van der Waals surface area (Å²) in [6.07, 6.45) is 1.67. The van der Waals surface area contributed by atoms with Crippen LogP contribution < -0.4 is 9.64 Å². The number of hydrogen-bond donors (Lipinski definition) is 0. The van der Waals surface area contributed by atoms with E-state index in [1.54, 1.807) is 42.5 Å². The van der Waals surface area contributed by atoms with Crippen LogP contribution in [-0.4, -0.2) is 30.8 Å². The lowest BCUT2D eigenvalue weighted by Gasteiger charge is -2.11. The van der Waals surface area contributed by atoms with Crippen molar-refractivity contribution in [3.8, 4) is 5.75 Å². The standard InChI is InChI=1S/C19H14INO5S/c1-25-17(22)11-26-15-8-7-12(9-14(15)20)10-16-18(23)21(19(24)27-16)13-5-3-2-4-6-13/h2-10H,11H2,1H3/b16-10-. The minimum absolute atomic E-state index is 0.179. The zero-order valence-corrected chi connectivity index (χ0v) is 17.2. The molecule has 138 valence electrons.